The van der Waals surface area contributed by atoms with Crippen molar-refractivity contribution in [3.8, 4) is 78.3 Å². The van der Waals surface area contributed by atoms with Gasteiger partial charge in [0.2, 0.25) is 0 Å². The molecule has 262 valence electrons. The van der Waals surface area contributed by atoms with Gasteiger partial charge >= 0.3 is 0 Å². The fourth-order valence-electron chi connectivity index (χ4n) is 9.09. The average Bonchev–Trinajstić information content (AvgIpc) is 3.57. The van der Waals surface area contributed by atoms with Crippen LogP contribution in [0, 0.1) is 0 Å². The minimum Gasteiger partial charge on any atom is -0.457 e. The highest BCUT2D eigenvalue weighted by atomic mass is 16.5. The lowest BCUT2D eigenvalue weighted by atomic mass is 9.65. The quantitative estimate of drug-likeness (QED) is 0.173. The second-order valence-corrected chi connectivity index (χ2v) is 14.8. The Morgan fingerprint density at radius 1 is 0.232 bits per heavy atom. The second kappa shape index (κ2) is 13.0. The fourth-order valence-corrected chi connectivity index (χ4v) is 9.09. The Hall–Kier alpha value is -7.22. The number of hydrogen-bond donors (Lipinski definition) is 0. The molecule has 9 aromatic rings. The maximum absolute atomic E-state index is 6.77. The van der Waals surface area contributed by atoms with E-state index >= 15 is 0 Å². The third-order valence-electron chi connectivity index (χ3n) is 11.8. The van der Waals surface area contributed by atoms with Gasteiger partial charge in [-0.15, -0.1) is 0 Å². The minimum absolute atomic E-state index is 0.563. The van der Waals surface area contributed by atoms with Crippen LogP contribution in [0.15, 0.2) is 218 Å². The zero-order chi connectivity index (χ0) is 37.1. The van der Waals surface area contributed by atoms with Crippen LogP contribution in [0.3, 0.4) is 0 Å². The highest BCUT2D eigenvalue weighted by molar-refractivity contribution is 5.91. The fraction of sp³-hybridized carbons (Fsp3) is 0.0182. The molecule has 1 heteroatoms. The lowest BCUT2D eigenvalue weighted by molar-refractivity contribution is 0.436. The molecule has 0 N–H and O–H groups in total. The van der Waals surface area contributed by atoms with E-state index < -0.39 is 5.41 Å². The van der Waals surface area contributed by atoms with Gasteiger partial charge < -0.3 is 4.74 Å². The van der Waals surface area contributed by atoms with E-state index in [1.165, 1.54) is 77.9 Å². The molecule has 0 amide bonds. The molecule has 0 aromatic heterocycles. The number of hydrogen-bond acceptors (Lipinski definition) is 1. The summed E-state index contributed by atoms with van der Waals surface area (Å²) in [6, 6.07) is 79.3. The van der Waals surface area contributed by atoms with Crippen LogP contribution in [0.25, 0.3) is 66.8 Å². The predicted molar refractivity (Wildman–Crippen MR) is 231 cm³/mol. The Morgan fingerprint density at radius 3 is 1.14 bits per heavy atom. The number of para-hydroxylation sites is 1. The maximum atomic E-state index is 6.77. The highest BCUT2D eigenvalue weighted by Gasteiger charge is 2.51. The number of benzene rings is 9. The molecule has 0 fully saturated rings. The molecule has 1 spiro atoms. The summed E-state index contributed by atoms with van der Waals surface area (Å²) in [4.78, 5) is 0. The number of fused-ring (bicyclic) bond motifs is 9. The Labute approximate surface area is 327 Å². The van der Waals surface area contributed by atoms with E-state index in [0.29, 0.717) is 0 Å². The van der Waals surface area contributed by atoms with Crippen LogP contribution in [0.1, 0.15) is 22.3 Å². The van der Waals surface area contributed by atoms with Crippen LogP contribution in [0.4, 0.5) is 0 Å². The van der Waals surface area contributed by atoms with Gasteiger partial charge in [0.25, 0.3) is 0 Å². The van der Waals surface area contributed by atoms with E-state index in [1.54, 1.807) is 0 Å². The van der Waals surface area contributed by atoms with E-state index in [1.807, 2.05) is 0 Å². The Balaban J connectivity index is 1.03. The molecule has 1 aliphatic heterocycles. The molecular formula is C55H36O. The van der Waals surface area contributed by atoms with Crippen molar-refractivity contribution in [3.05, 3.63) is 241 Å². The third-order valence-corrected chi connectivity index (χ3v) is 11.8. The lowest BCUT2D eigenvalue weighted by Gasteiger charge is -2.39. The van der Waals surface area contributed by atoms with Gasteiger partial charge in [-0.25, -0.2) is 0 Å². The SMILES string of the molecule is c1ccc(-c2ccc(-c3ccc(-c4ccc5c(c4)C4(c6ccccc6O5)c5ccccc5-c5ccc(-c6ccc(-c7ccccc7)cc6)cc54)cc3)cc2)cc1. The van der Waals surface area contributed by atoms with Crippen LogP contribution in [-0.2, 0) is 5.41 Å². The molecule has 1 unspecified atom stereocenters. The Morgan fingerprint density at radius 2 is 0.589 bits per heavy atom. The molecule has 0 bridgehead atoms. The topological polar surface area (TPSA) is 9.23 Å². The van der Waals surface area contributed by atoms with Gasteiger partial charge in [0.05, 0.1) is 5.41 Å². The largest absolute Gasteiger partial charge is 0.457 e. The molecule has 11 rings (SSSR count). The molecular weight excluding hydrogens is 677 g/mol. The molecule has 1 heterocycles. The summed E-state index contributed by atoms with van der Waals surface area (Å²) in [7, 11) is 0. The first-order valence-electron chi connectivity index (χ1n) is 19.3. The van der Waals surface area contributed by atoms with Crippen molar-refractivity contribution in [1.82, 2.24) is 0 Å². The van der Waals surface area contributed by atoms with Crippen LogP contribution in [0.2, 0.25) is 0 Å². The zero-order valence-electron chi connectivity index (χ0n) is 30.7. The van der Waals surface area contributed by atoms with Crippen LogP contribution in [-0.4, -0.2) is 0 Å². The third kappa shape index (κ3) is 5.09. The van der Waals surface area contributed by atoms with Crippen LogP contribution in [0.5, 0.6) is 11.5 Å². The van der Waals surface area contributed by atoms with Gasteiger partial charge in [-0.2, -0.15) is 0 Å². The normalized spacial score (nSPS) is 14.6. The van der Waals surface area contributed by atoms with Gasteiger partial charge in [-0.3, -0.25) is 0 Å². The smallest absolute Gasteiger partial charge is 0.132 e. The molecule has 0 radical (unpaired) electrons. The van der Waals surface area contributed by atoms with Gasteiger partial charge in [-0.1, -0.05) is 194 Å². The summed E-state index contributed by atoms with van der Waals surface area (Å²) in [5, 5.41) is 0. The second-order valence-electron chi connectivity index (χ2n) is 14.8. The zero-order valence-corrected chi connectivity index (χ0v) is 30.7. The van der Waals surface area contributed by atoms with Crippen molar-refractivity contribution >= 4 is 0 Å². The summed E-state index contributed by atoms with van der Waals surface area (Å²) < 4.78 is 6.77. The summed E-state index contributed by atoms with van der Waals surface area (Å²) in [5.74, 6) is 1.79. The average molecular weight is 713 g/mol. The molecule has 1 atom stereocenters. The van der Waals surface area contributed by atoms with Gasteiger partial charge in [0.15, 0.2) is 0 Å². The monoisotopic (exact) mass is 712 g/mol. The van der Waals surface area contributed by atoms with E-state index in [2.05, 4.69) is 218 Å². The summed E-state index contributed by atoms with van der Waals surface area (Å²) in [6.07, 6.45) is 0. The first-order valence-corrected chi connectivity index (χ1v) is 19.3. The summed E-state index contributed by atoms with van der Waals surface area (Å²) in [5.41, 5.74) is 18.9. The molecule has 2 aliphatic rings. The molecule has 1 nitrogen and oxygen atoms in total. The first kappa shape index (κ1) is 32.2. The number of ether oxygens (including phenoxy) is 1. The van der Waals surface area contributed by atoms with Crippen molar-refractivity contribution in [2.45, 2.75) is 5.41 Å². The van der Waals surface area contributed by atoms with Crippen molar-refractivity contribution in [2.75, 3.05) is 0 Å². The molecule has 0 saturated carbocycles. The minimum atomic E-state index is -0.563. The molecule has 1 aliphatic carbocycles. The predicted octanol–water partition coefficient (Wildman–Crippen LogP) is 14.5. The van der Waals surface area contributed by atoms with Crippen LogP contribution >= 0.6 is 0 Å². The standard InChI is InChI=1S/C55H36O/c1-3-11-37(12-4-1)39-19-21-41(22-20-39)42-25-29-44(30-26-42)46-32-34-54-52(36-46)55(50-17-9-10-18-53(50)56-54)49-16-8-7-15-47(49)48-33-31-45(35-51(48)55)43-27-23-40(24-28-43)38-13-5-2-6-14-38/h1-36H. The molecule has 0 saturated heterocycles. The summed E-state index contributed by atoms with van der Waals surface area (Å²) >= 11 is 0. The van der Waals surface area contributed by atoms with Gasteiger partial charge in [0.1, 0.15) is 11.5 Å². The van der Waals surface area contributed by atoms with E-state index in [0.717, 1.165) is 22.6 Å². The summed E-state index contributed by atoms with van der Waals surface area (Å²) in [6.45, 7) is 0. The van der Waals surface area contributed by atoms with Crippen LogP contribution < -0.4 is 4.74 Å². The lowest BCUT2D eigenvalue weighted by Crippen LogP contribution is -2.32. The highest BCUT2D eigenvalue weighted by Crippen LogP contribution is 2.62. The van der Waals surface area contributed by atoms with Crippen molar-refractivity contribution in [1.29, 1.82) is 0 Å². The van der Waals surface area contributed by atoms with E-state index in [-0.39, 0.29) is 0 Å². The van der Waals surface area contributed by atoms with Crippen molar-refractivity contribution in [3.63, 3.8) is 0 Å². The molecule has 9 aromatic carbocycles. The van der Waals surface area contributed by atoms with Gasteiger partial charge in [0, 0.05) is 11.1 Å². The molecule has 56 heavy (non-hydrogen) atoms. The van der Waals surface area contributed by atoms with E-state index in [9.17, 15) is 0 Å². The van der Waals surface area contributed by atoms with Crippen molar-refractivity contribution in [2.24, 2.45) is 0 Å². The Kier molecular flexibility index (Phi) is 7.47. The number of rotatable bonds is 5. The Bertz CT molecular complexity index is 2890. The van der Waals surface area contributed by atoms with E-state index in [4.69, 9.17) is 4.74 Å². The van der Waals surface area contributed by atoms with Crippen molar-refractivity contribution < 1.29 is 4.74 Å². The maximum Gasteiger partial charge on any atom is 0.132 e. The van der Waals surface area contributed by atoms with Gasteiger partial charge in [-0.05, 0) is 102 Å². The first-order chi connectivity index (χ1) is 27.7.